The van der Waals surface area contributed by atoms with Crippen molar-refractivity contribution in [3.63, 3.8) is 0 Å². The molecule has 1 heterocycles. The number of carbonyl (C=O) groups is 1. The molecule has 0 aliphatic carbocycles. The minimum Gasteiger partial charge on any atom is -0.493 e. The van der Waals surface area contributed by atoms with Crippen molar-refractivity contribution >= 4 is 29.0 Å². The zero-order valence-corrected chi connectivity index (χ0v) is 19.7. The summed E-state index contributed by atoms with van der Waals surface area (Å²) in [5.41, 5.74) is 3.81. The van der Waals surface area contributed by atoms with Crippen LogP contribution in [0.3, 0.4) is 0 Å². The van der Waals surface area contributed by atoms with Crippen LogP contribution in [0.2, 0.25) is 0 Å². The summed E-state index contributed by atoms with van der Waals surface area (Å²) in [6.45, 7) is 4.32. The van der Waals surface area contributed by atoms with E-state index >= 15 is 0 Å². The highest BCUT2D eigenvalue weighted by atomic mass is 32.1. The molecule has 170 valence electrons. The van der Waals surface area contributed by atoms with Gasteiger partial charge in [-0.25, -0.2) is 4.79 Å². The summed E-state index contributed by atoms with van der Waals surface area (Å²) < 4.78 is 21.6. The smallest absolute Gasteiger partial charge is 0.338 e. The summed E-state index contributed by atoms with van der Waals surface area (Å²) in [6, 6.07) is 12.9. The number of aryl methyl sites for hydroxylation is 1. The summed E-state index contributed by atoms with van der Waals surface area (Å²) in [7, 11) is 4.69. The van der Waals surface area contributed by atoms with E-state index in [1.54, 1.807) is 27.4 Å². The zero-order valence-electron chi connectivity index (χ0n) is 18.9. The Hall–Kier alpha value is -3.10. The second-order valence-electron chi connectivity index (χ2n) is 7.26. The van der Waals surface area contributed by atoms with Crippen molar-refractivity contribution in [2.45, 2.75) is 19.9 Å². The second kappa shape index (κ2) is 10.5. The fourth-order valence-corrected chi connectivity index (χ4v) is 4.04. The molecule has 0 radical (unpaired) electrons. The first kappa shape index (κ1) is 23.6. The van der Waals surface area contributed by atoms with Crippen molar-refractivity contribution < 1.29 is 23.7 Å². The molecule has 0 bridgehead atoms. The summed E-state index contributed by atoms with van der Waals surface area (Å²) >= 11 is 5.72. The highest BCUT2D eigenvalue weighted by Crippen LogP contribution is 2.41. The van der Waals surface area contributed by atoms with E-state index in [0.29, 0.717) is 34.5 Å². The third-order valence-corrected chi connectivity index (χ3v) is 5.56. The lowest BCUT2D eigenvalue weighted by Gasteiger charge is -2.38. The first-order chi connectivity index (χ1) is 15.4. The normalized spacial score (nSPS) is 16.0. The average Bonchev–Trinajstić information content (AvgIpc) is 2.79. The molecule has 0 saturated heterocycles. The van der Waals surface area contributed by atoms with Crippen LogP contribution < -0.4 is 19.7 Å². The summed E-state index contributed by atoms with van der Waals surface area (Å²) in [5.74, 6) is 0.624. The predicted octanol–water partition coefficient (Wildman–Crippen LogP) is 3.91. The number of carbonyl (C=O) groups excluding carboxylic acids is 1. The Kier molecular flexibility index (Phi) is 7.71. The van der Waals surface area contributed by atoms with Crippen molar-refractivity contribution in [2.24, 2.45) is 0 Å². The first-order valence-corrected chi connectivity index (χ1v) is 10.6. The van der Waals surface area contributed by atoms with Crippen LogP contribution >= 0.6 is 12.2 Å². The number of hydrogen-bond acceptors (Lipinski definition) is 6. The summed E-state index contributed by atoms with van der Waals surface area (Å²) in [5, 5.41) is 3.77. The number of nitrogens with zero attached hydrogens (tertiary/aromatic N) is 1. The van der Waals surface area contributed by atoms with Crippen molar-refractivity contribution in [3.8, 4) is 11.5 Å². The predicted molar refractivity (Wildman–Crippen MR) is 127 cm³/mol. The zero-order chi connectivity index (χ0) is 23.3. The maximum Gasteiger partial charge on any atom is 0.338 e. The van der Waals surface area contributed by atoms with Crippen LogP contribution in [0.5, 0.6) is 11.5 Å². The van der Waals surface area contributed by atoms with Crippen molar-refractivity contribution in [2.75, 3.05) is 39.4 Å². The Morgan fingerprint density at radius 2 is 1.75 bits per heavy atom. The molecule has 7 nitrogen and oxygen atoms in total. The maximum absolute atomic E-state index is 13.2. The van der Waals surface area contributed by atoms with E-state index < -0.39 is 12.0 Å². The Bertz CT molecular complexity index is 1020. The molecule has 2 aromatic rings. The van der Waals surface area contributed by atoms with Crippen LogP contribution in [0, 0.1) is 6.92 Å². The molecule has 0 spiro atoms. The number of ether oxygens (including phenoxy) is 4. The van der Waals surface area contributed by atoms with E-state index in [0.717, 1.165) is 16.8 Å². The van der Waals surface area contributed by atoms with Crippen molar-refractivity contribution in [3.05, 3.63) is 64.9 Å². The molecule has 0 fully saturated rings. The van der Waals surface area contributed by atoms with E-state index in [9.17, 15) is 4.79 Å². The Morgan fingerprint density at radius 1 is 1.03 bits per heavy atom. The molecule has 3 rings (SSSR count). The van der Waals surface area contributed by atoms with Crippen LogP contribution in [0.1, 0.15) is 24.1 Å². The highest BCUT2D eigenvalue weighted by molar-refractivity contribution is 7.80. The van der Waals surface area contributed by atoms with Gasteiger partial charge in [0.1, 0.15) is 6.61 Å². The third kappa shape index (κ3) is 4.71. The lowest BCUT2D eigenvalue weighted by atomic mass is 9.93. The molecule has 32 heavy (non-hydrogen) atoms. The van der Waals surface area contributed by atoms with E-state index in [2.05, 4.69) is 5.32 Å². The molecule has 0 amide bonds. The lowest BCUT2D eigenvalue weighted by Crippen LogP contribution is -2.48. The fraction of sp³-hybridized carbons (Fsp3) is 0.333. The number of anilines is 1. The largest absolute Gasteiger partial charge is 0.493 e. The standard InChI is InChI=1S/C24H28N2O5S/c1-15-9-11-17(12-10-15)26-16(2)20(23(27)31-14-13-28-3)21(25-24(26)32)18-7-6-8-19(29-4)22(18)30-5/h6-12,21H,13-14H2,1-5H3,(H,25,32). The fourth-order valence-electron chi connectivity index (χ4n) is 3.68. The Labute approximate surface area is 193 Å². The number of methoxy groups -OCH3 is 3. The van der Waals surface area contributed by atoms with Crippen molar-refractivity contribution in [1.82, 2.24) is 5.32 Å². The molecule has 1 atom stereocenters. The number of thiocarbonyl (C=S) groups is 1. The molecule has 1 aliphatic rings. The minimum atomic E-state index is -0.579. The number of nitrogens with one attached hydrogen (secondary N) is 1. The molecule has 8 heteroatoms. The summed E-state index contributed by atoms with van der Waals surface area (Å²) in [6.07, 6.45) is 0. The van der Waals surface area contributed by atoms with Gasteiger partial charge in [-0.2, -0.15) is 0 Å². The number of para-hydroxylation sites is 1. The molecule has 1 aliphatic heterocycles. The number of rotatable bonds is 8. The molecule has 0 aromatic heterocycles. The van der Waals surface area contributed by atoms with E-state index in [1.165, 1.54) is 0 Å². The quantitative estimate of drug-likeness (QED) is 0.364. The van der Waals surface area contributed by atoms with Gasteiger partial charge in [-0.05, 0) is 44.3 Å². The summed E-state index contributed by atoms with van der Waals surface area (Å²) in [4.78, 5) is 15.1. The highest BCUT2D eigenvalue weighted by Gasteiger charge is 2.37. The number of esters is 1. The molecular weight excluding hydrogens is 428 g/mol. The van der Waals surface area contributed by atoms with Crippen LogP contribution in [0.25, 0.3) is 0 Å². The van der Waals surface area contributed by atoms with Gasteiger partial charge in [0, 0.05) is 24.1 Å². The van der Waals surface area contributed by atoms with Gasteiger partial charge in [0.2, 0.25) is 0 Å². The van der Waals surface area contributed by atoms with Crippen LogP contribution in [0.4, 0.5) is 5.69 Å². The lowest BCUT2D eigenvalue weighted by molar-refractivity contribution is -0.140. The third-order valence-electron chi connectivity index (χ3n) is 5.26. The molecule has 0 saturated carbocycles. The minimum absolute atomic E-state index is 0.142. The molecule has 1 N–H and O–H groups in total. The van der Waals surface area contributed by atoms with Crippen LogP contribution in [-0.4, -0.2) is 45.6 Å². The topological polar surface area (TPSA) is 69.3 Å². The van der Waals surface area contributed by atoms with E-state index in [-0.39, 0.29) is 6.61 Å². The van der Waals surface area contributed by atoms with Gasteiger partial charge in [-0.15, -0.1) is 0 Å². The SMILES string of the molecule is COCCOC(=O)C1=C(C)N(c2ccc(C)cc2)C(=S)NC1c1cccc(OC)c1OC. The van der Waals surface area contributed by atoms with Gasteiger partial charge in [-0.1, -0.05) is 29.8 Å². The van der Waals surface area contributed by atoms with E-state index in [4.69, 9.17) is 31.2 Å². The average molecular weight is 457 g/mol. The number of hydrogen-bond donors (Lipinski definition) is 1. The Balaban J connectivity index is 2.14. The van der Waals surface area contributed by atoms with Gasteiger partial charge in [0.25, 0.3) is 0 Å². The van der Waals surface area contributed by atoms with Gasteiger partial charge in [0.15, 0.2) is 16.6 Å². The van der Waals surface area contributed by atoms with Gasteiger partial charge >= 0.3 is 5.97 Å². The molecular formula is C24H28N2O5S. The Morgan fingerprint density at radius 3 is 2.38 bits per heavy atom. The van der Waals surface area contributed by atoms with Crippen LogP contribution in [-0.2, 0) is 14.3 Å². The number of benzene rings is 2. The molecule has 1 unspecified atom stereocenters. The van der Waals surface area contributed by atoms with Crippen LogP contribution in [0.15, 0.2) is 53.7 Å². The second-order valence-corrected chi connectivity index (χ2v) is 7.65. The van der Waals surface area contributed by atoms with E-state index in [1.807, 2.05) is 55.1 Å². The van der Waals surface area contributed by atoms with Gasteiger partial charge in [0.05, 0.1) is 32.4 Å². The maximum atomic E-state index is 13.2. The number of allylic oxidation sites excluding steroid dienone is 1. The van der Waals surface area contributed by atoms with Gasteiger partial charge < -0.3 is 24.3 Å². The van der Waals surface area contributed by atoms with Gasteiger partial charge in [-0.3, -0.25) is 4.90 Å². The monoisotopic (exact) mass is 456 g/mol. The molecule has 2 aromatic carbocycles. The first-order valence-electron chi connectivity index (χ1n) is 10.2. The van der Waals surface area contributed by atoms with Crippen molar-refractivity contribution in [1.29, 1.82) is 0 Å².